The third kappa shape index (κ3) is 2.91. The summed E-state index contributed by atoms with van der Waals surface area (Å²) in [7, 11) is 0. The first-order valence-electron chi connectivity index (χ1n) is 5.61. The Morgan fingerprint density at radius 1 is 1.35 bits per heavy atom. The molecule has 2 aromatic rings. The lowest BCUT2D eigenvalue weighted by Gasteiger charge is -1.98. The van der Waals surface area contributed by atoms with Gasteiger partial charge in [-0.15, -0.1) is 0 Å². The highest BCUT2D eigenvalue weighted by atomic mass is 15.0. The molecule has 4 heteroatoms. The zero-order chi connectivity index (χ0) is 12.1. The Balaban J connectivity index is 2.08. The molecule has 2 rings (SSSR count). The SMILES string of the molecule is Cc1ccc(-c2cn(CCCC#N)cn2)cn1. The second kappa shape index (κ2) is 5.26. The summed E-state index contributed by atoms with van der Waals surface area (Å²) in [6.07, 6.45) is 7.06. The number of hydrogen-bond donors (Lipinski definition) is 0. The number of pyridine rings is 1. The van der Waals surface area contributed by atoms with Gasteiger partial charge in [0, 0.05) is 36.6 Å². The van der Waals surface area contributed by atoms with Crippen LogP contribution in [0.1, 0.15) is 18.5 Å². The second-order valence-corrected chi connectivity index (χ2v) is 3.95. The Morgan fingerprint density at radius 3 is 2.94 bits per heavy atom. The van der Waals surface area contributed by atoms with Crippen LogP contribution in [0.15, 0.2) is 30.9 Å². The average molecular weight is 226 g/mol. The molecule has 2 aromatic heterocycles. The van der Waals surface area contributed by atoms with Crippen molar-refractivity contribution in [3.63, 3.8) is 0 Å². The largest absolute Gasteiger partial charge is 0.337 e. The topological polar surface area (TPSA) is 54.5 Å². The maximum Gasteiger partial charge on any atom is 0.0953 e. The molecule has 4 nitrogen and oxygen atoms in total. The summed E-state index contributed by atoms with van der Waals surface area (Å²) >= 11 is 0. The third-order valence-electron chi connectivity index (χ3n) is 2.55. The van der Waals surface area contributed by atoms with E-state index in [1.807, 2.05) is 36.0 Å². The van der Waals surface area contributed by atoms with Crippen LogP contribution in [0, 0.1) is 18.3 Å². The Bertz CT molecular complexity index is 519. The van der Waals surface area contributed by atoms with Crippen molar-refractivity contribution in [1.29, 1.82) is 5.26 Å². The van der Waals surface area contributed by atoms with Gasteiger partial charge in [0.05, 0.1) is 18.1 Å². The fourth-order valence-corrected chi connectivity index (χ4v) is 1.59. The molecule has 0 aromatic carbocycles. The summed E-state index contributed by atoms with van der Waals surface area (Å²) in [5, 5.41) is 8.47. The molecule has 0 radical (unpaired) electrons. The van der Waals surface area contributed by atoms with Crippen LogP contribution in [0.4, 0.5) is 0 Å². The van der Waals surface area contributed by atoms with Crippen LogP contribution in [-0.4, -0.2) is 14.5 Å². The molecule has 0 aliphatic carbocycles. The van der Waals surface area contributed by atoms with Gasteiger partial charge in [-0.25, -0.2) is 4.98 Å². The van der Waals surface area contributed by atoms with Gasteiger partial charge in [0.15, 0.2) is 0 Å². The fraction of sp³-hybridized carbons (Fsp3) is 0.308. The van der Waals surface area contributed by atoms with Crippen molar-refractivity contribution in [2.75, 3.05) is 0 Å². The standard InChI is InChI=1S/C13H14N4/c1-11-4-5-12(8-15-11)13-9-17(10-16-13)7-3-2-6-14/h4-5,8-10H,2-3,7H2,1H3. The first-order chi connectivity index (χ1) is 8.29. The monoisotopic (exact) mass is 226 g/mol. The van der Waals surface area contributed by atoms with E-state index in [0.29, 0.717) is 6.42 Å². The average Bonchev–Trinajstić information content (AvgIpc) is 2.79. The predicted molar refractivity (Wildman–Crippen MR) is 65.0 cm³/mol. The van der Waals surface area contributed by atoms with Gasteiger partial charge in [-0.05, 0) is 25.5 Å². The van der Waals surface area contributed by atoms with Crippen molar-refractivity contribution in [2.24, 2.45) is 0 Å². The summed E-state index contributed by atoms with van der Waals surface area (Å²) in [5.74, 6) is 0. The van der Waals surface area contributed by atoms with E-state index in [2.05, 4.69) is 16.0 Å². The molecule has 0 amide bonds. The maximum absolute atomic E-state index is 8.47. The van der Waals surface area contributed by atoms with Crippen LogP contribution < -0.4 is 0 Å². The molecule has 0 aliphatic rings. The van der Waals surface area contributed by atoms with Gasteiger partial charge in [0.2, 0.25) is 0 Å². The van der Waals surface area contributed by atoms with Crippen LogP contribution in [0.3, 0.4) is 0 Å². The first-order valence-corrected chi connectivity index (χ1v) is 5.61. The zero-order valence-corrected chi connectivity index (χ0v) is 9.80. The summed E-state index contributed by atoms with van der Waals surface area (Å²) < 4.78 is 2.01. The number of aromatic nitrogens is 3. The molecule has 0 atom stereocenters. The summed E-state index contributed by atoms with van der Waals surface area (Å²) in [4.78, 5) is 8.58. The van der Waals surface area contributed by atoms with Gasteiger partial charge in [-0.2, -0.15) is 5.26 Å². The molecule has 0 saturated heterocycles. The van der Waals surface area contributed by atoms with E-state index in [-0.39, 0.29) is 0 Å². The van der Waals surface area contributed by atoms with E-state index >= 15 is 0 Å². The van der Waals surface area contributed by atoms with Gasteiger partial charge < -0.3 is 4.57 Å². The highest BCUT2D eigenvalue weighted by molar-refractivity contribution is 5.56. The van der Waals surface area contributed by atoms with Gasteiger partial charge in [0.25, 0.3) is 0 Å². The molecule has 17 heavy (non-hydrogen) atoms. The van der Waals surface area contributed by atoms with Gasteiger partial charge in [-0.3, -0.25) is 4.98 Å². The van der Waals surface area contributed by atoms with Gasteiger partial charge in [-0.1, -0.05) is 0 Å². The quantitative estimate of drug-likeness (QED) is 0.753. The molecule has 0 fully saturated rings. The number of imidazole rings is 1. The Morgan fingerprint density at radius 2 is 2.24 bits per heavy atom. The van der Waals surface area contributed by atoms with Crippen LogP contribution in [0.5, 0.6) is 0 Å². The molecule has 0 saturated carbocycles. The molecule has 86 valence electrons. The number of nitrogens with zero attached hydrogens (tertiary/aromatic N) is 4. The summed E-state index contributed by atoms with van der Waals surface area (Å²) in [6, 6.07) is 6.13. The molecule has 0 unspecified atom stereocenters. The van der Waals surface area contributed by atoms with Crippen molar-refractivity contribution >= 4 is 0 Å². The first kappa shape index (κ1) is 11.3. The third-order valence-corrected chi connectivity index (χ3v) is 2.55. The Kier molecular flexibility index (Phi) is 3.51. The molecule has 2 heterocycles. The summed E-state index contributed by atoms with van der Waals surface area (Å²) in [5.41, 5.74) is 2.95. The smallest absolute Gasteiger partial charge is 0.0953 e. The lowest BCUT2D eigenvalue weighted by Crippen LogP contribution is -1.93. The highest BCUT2D eigenvalue weighted by Gasteiger charge is 2.02. The van der Waals surface area contributed by atoms with Crippen LogP contribution in [-0.2, 0) is 6.54 Å². The van der Waals surface area contributed by atoms with Gasteiger partial charge >= 0.3 is 0 Å². The van der Waals surface area contributed by atoms with Crippen molar-refractivity contribution < 1.29 is 0 Å². The van der Waals surface area contributed by atoms with Crippen molar-refractivity contribution in [3.8, 4) is 17.3 Å². The number of unbranched alkanes of at least 4 members (excludes halogenated alkanes) is 1. The zero-order valence-electron chi connectivity index (χ0n) is 9.80. The lowest BCUT2D eigenvalue weighted by atomic mass is 10.2. The van der Waals surface area contributed by atoms with Crippen molar-refractivity contribution in [1.82, 2.24) is 14.5 Å². The van der Waals surface area contributed by atoms with Crippen LogP contribution in [0.2, 0.25) is 0 Å². The van der Waals surface area contributed by atoms with E-state index in [0.717, 1.165) is 29.9 Å². The molecule has 0 bridgehead atoms. The highest BCUT2D eigenvalue weighted by Crippen LogP contribution is 2.15. The molecule has 0 N–H and O–H groups in total. The molecule has 0 spiro atoms. The Labute approximate surface area is 101 Å². The minimum atomic E-state index is 0.583. The molecule has 0 aliphatic heterocycles. The van der Waals surface area contributed by atoms with E-state index in [9.17, 15) is 0 Å². The number of hydrogen-bond acceptors (Lipinski definition) is 3. The number of aryl methyl sites for hydroxylation is 2. The van der Waals surface area contributed by atoms with Crippen molar-refractivity contribution in [3.05, 3.63) is 36.5 Å². The minimum Gasteiger partial charge on any atom is -0.337 e. The normalized spacial score (nSPS) is 10.1. The van der Waals surface area contributed by atoms with E-state index in [4.69, 9.17) is 5.26 Å². The minimum absolute atomic E-state index is 0.583. The second-order valence-electron chi connectivity index (χ2n) is 3.95. The molecular formula is C13H14N4. The van der Waals surface area contributed by atoms with Gasteiger partial charge in [0.1, 0.15) is 0 Å². The van der Waals surface area contributed by atoms with E-state index in [1.54, 1.807) is 6.33 Å². The van der Waals surface area contributed by atoms with Crippen LogP contribution >= 0.6 is 0 Å². The number of nitriles is 1. The molecular weight excluding hydrogens is 212 g/mol. The van der Waals surface area contributed by atoms with Crippen LogP contribution in [0.25, 0.3) is 11.3 Å². The van der Waals surface area contributed by atoms with Crippen molar-refractivity contribution in [2.45, 2.75) is 26.3 Å². The maximum atomic E-state index is 8.47. The predicted octanol–water partition coefficient (Wildman–Crippen LogP) is 2.56. The lowest BCUT2D eigenvalue weighted by molar-refractivity contribution is 0.653. The number of rotatable bonds is 4. The Hall–Kier alpha value is -2.15. The summed E-state index contributed by atoms with van der Waals surface area (Å²) in [6.45, 7) is 2.80. The fourth-order valence-electron chi connectivity index (χ4n) is 1.59. The van der Waals surface area contributed by atoms with E-state index < -0.39 is 0 Å². The van der Waals surface area contributed by atoms with E-state index in [1.165, 1.54) is 0 Å².